The Morgan fingerprint density at radius 3 is 2.40 bits per heavy atom. The van der Waals surface area contributed by atoms with Crippen LogP contribution in [0.25, 0.3) is 0 Å². The number of rotatable bonds is 9. The maximum Gasteiger partial charge on any atom is 0.408 e. The highest BCUT2D eigenvalue weighted by Gasteiger charge is 2.26. The number of nitrogens with one attached hydrogen (secondary N) is 2. The lowest BCUT2D eigenvalue weighted by atomic mass is 10.1. The van der Waals surface area contributed by atoms with E-state index >= 15 is 0 Å². The van der Waals surface area contributed by atoms with Gasteiger partial charge in [0.1, 0.15) is 12.6 Å². The summed E-state index contributed by atoms with van der Waals surface area (Å²) in [6.45, 7) is 4.97. The highest BCUT2D eigenvalue weighted by molar-refractivity contribution is 5.86. The Morgan fingerprint density at radius 1 is 1.07 bits per heavy atom. The fraction of sp³-hybridized carbons (Fsp3) is 0.417. The number of likely N-dealkylation sites (tertiary alicyclic amines) is 1. The summed E-state index contributed by atoms with van der Waals surface area (Å²) in [5, 5.41) is 5.79. The van der Waals surface area contributed by atoms with Gasteiger partial charge in [0.15, 0.2) is 0 Å². The second kappa shape index (κ2) is 11.4. The minimum Gasteiger partial charge on any atom is -0.445 e. The number of carbonyl (C=O) groups is 2. The van der Waals surface area contributed by atoms with Crippen molar-refractivity contribution in [2.24, 2.45) is 0 Å². The standard InChI is InChI=1S/C24H31N3O3/c1-2-27-15-9-14-21(27)17-25-23(28)22(16-19-10-5-3-6-11-19)26-24(29)30-18-20-12-7-4-8-13-20/h3-8,10-13,21-22H,2,9,14-18H2,1H3,(H,25,28)(H,26,29). The van der Waals surface area contributed by atoms with Crippen molar-refractivity contribution in [3.63, 3.8) is 0 Å². The molecular weight excluding hydrogens is 378 g/mol. The number of nitrogens with zero attached hydrogens (tertiary/aromatic N) is 1. The molecule has 2 amide bonds. The van der Waals surface area contributed by atoms with E-state index < -0.39 is 12.1 Å². The van der Waals surface area contributed by atoms with E-state index in [1.165, 1.54) is 0 Å². The van der Waals surface area contributed by atoms with Crippen molar-refractivity contribution in [2.45, 2.75) is 44.9 Å². The minimum absolute atomic E-state index is 0.167. The predicted octanol–water partition coefficient (Wildman–Crippen LogP) is 3.12. The van der Waals surface area contributed by atoms with E-state index in [1.54, 1.807) is 0 Å². The van der Waals surface area contributed by atoms with Crippen molar-refractivity contribution >= 4 is 12.0 Å². The summed E-state index contributed by atoms with van der Waals surface area (Å²) in [5.41, 5.74) is 1.88. The maximum atomic E-state index is 12.9. The fourth-order valence-electron chi connectivity index (χ4n) is 3.85. The third-order valence-corrected chi connectivity index (χ3v) is 5.52. The van der Waals surface area contributed by atoms with Gasteiger partial charge in [-0.1, -0.05) is 67.6 Å². The molecule has 1 fully saturated rings. The van der Waals surface area contributed by atoms with Gasteiger partial charge in [-0.25, -0.2) is 4.79 Å². The first-order chi connectivity index (χ1) is 14.7. The molecule has 1 aliphatic heterocycles. The summed E-state index contributed by atoms with van der Waals surface area (Å²) in [5.74, 6) is -0.182. The molecular formula is C24H31N3O3. The first kappa shape index (κ1) is 21.8. The monoisotopic (exact) mass is 409 g/mol. The molecule has 160 valence electrons. The van der Waals surface area contributed by atoms with Gasteiger partial charge >= 0.3 is 6.09 Å². The molecule has 0 aromatic heterocycles. The fourth-order valence-corrected chi connectivity index (χ4v) is 3.85. The SMILES string of the molecule is CCN1CCCC1CNC(=O)C(Cc1ccccc1)NC(=O)OCc1ccccc1. The van der Waals surface area contributed by atoms with Crippen LogP contribution >= 0.6 is 0 Å². The lowest BCUT2D eigenvalue weighted by molar-refractivity contribution is -0.123. The molecule has 1 heterocycles. The Labute approximate surface area is 178 Å². The van der Waals surface area contributed by atoms with Gasteiger partial charge < -0.3 is 15.4 Å². The van der Waals surface area contributed by atoms with E-state index in [0.717, 1.165) is 37.1 Å². The number of hydrogen-bond donors (Lipinski definition) is 2. The second-order valence-electron chi connectivity index (χ2n) is 7.62. The quantitative estimate of drug-likeness (QED) is 0.668. The number of carbonyl (C=O) groups excluding carboxylic acids is 2. The number of ether oxygens (including phenoxy) is 1. The van der Waals surface area contributed by atoms with E-state index in [-0.39, 0.29) is 12.5 Å². The van der Waals surface area contributed by atoms with Crippen LogP contribution in [0.15, 0.2) is 60.7 Å². The van der Waals surface area contributed by atoms with Crippen molar-refractivity contribution < 1.29 is 14.3 Å². The highest BCUT2D eigenvalue weighted by Crippen LogP contribution is 2.15. The smallest absolute Gasteiger partial charge is 0.408 e. The molecule has 0 bridgehead atoms. The summed E-state index contributed by atoms with van der Waals surface area (Å²) in [7, 11) is 0. The predicted molar refractivity (Wildman–Crippen MR) is 117 cm³/mol. The average Bonchev–Trinajstić information content (AvgIpc) is 3.24. The van der Waals surface area contributed by atoms with Crippen LogP contribution in [-0.4, -0.2) is 48.6 Å². The molecule has 0 spiro atoms. The van der Waals surface area contributed by atoms with E-state index in [9.17, 15) is 9.59 Å². The zero-order chi connectivity index (χ0) is 21.2. The molecule has 0 radical (unpaired) electrons. The van der Waals surface area contributed by atoms with Gasteiger partial charge in [0.05, 0.1) is 0 Å². The molecule has 6 nitrogen and oxygen atoms in total. The Hall–Kier alpha value is -2.86. The van der Waals surface area contributed by atoms with Crippen molar-refractivity contribution in [3.05, 3.63) is 71.8 Å². The lowest BCUT2D eigenvalue weighted by Crippen LogP contribution is -2.50. The van der Waals surface area contributed by atoms with E-state index in [4.69, 9.17) is 4.74 Å². The largest absolute Gasteiger partial charge is 0.445 e. The Bertz CT molecular complexity index is 798. The molecule has 2 unspecified atom stereocenters. The summed E-state index contributed by atoms with van der Waals surface area (Å²) in [4.78, 5) is 27.7. The molecule has 1 aliphatic rings. The van der Waals surface area contributed by atoms with Crippen LogP contribution in [0.4, 0.5) is 4.79 Å². The van der Waals surface area contributed by atoms with Crippen molar-refractivity contribution in [1.82, 2.24) is 15.5 Å². The summed E-state index contributed by atoms with van der Waals surface area (Å²) < 4.78 is 5.32. The molecule has 2 N–H and O–H groups in total. The molecule has 1 saturated heterocycles. The first-order valence-corrected chi connectivity index (χ1v) is 10.7. The minimum atomic E-state index is -0.688. The van der Waals surface area contributed by atoms with E-state index in [0.29, 0.717) is 19.0 Å². The van der Waals surface area contributed by atoms with Crippen molar-refractivity contribution in [2.75, 3.05) is 19.6 Å². The van der Waals surface area contributed by atoms with Crippen LogP contribution in [0.2, 0.25) is 0 Å². The summed E-state index contributed by atoms with van der Waals surface area (Å²) in [6.07, 6.45) is 2.07. The zero-order valence-corrected chi connectivity index (χ0v) is 17.5. The third kappa shape index (κ3) is 6.59. The van der Waals surface area contributed by atoms with Crippen molar-refractivity contribution in [3.8, 4) is 0 Å². The number of amides is 2. The van der Waals surface area contributed by atoms with Gasteiger partial charge in [-0.15, -0.1) is 0 Å². The second-order valence-corrected chi connectivity index (χ2v) is 7.62. The van der Waals surface area contributed by atoms with Gasteiger partial charge in [0.2, 0.25) is 5.91 Å². The topological polar surface area (TPSA) is 70.7 Å². The molecule has 0 saturated carbocycles. The molecule has 3 rings (SSSR count). The van der Waals surface area contributed by atoms with Gasteiger partial charge in [-0.3, -0.25) is 9.69 Å². The molecule has 0 aliphatic carbocycles. The average molecular weight is 410 g/mol. The van der Waals surface area contributed by atoms with Crippen LogP contribution in [0.5, 0.6) is 0 Å². The maximum absolute atomic E-state index is 12.9. The van der Waals surface area contributed by atoms with Crippen LogP contribution in [0.1, 0.15) is 30.9 Å². The van der Waals surface area contributed by atoms with E-state index in [2.05, 4.69) is 22.5 Å². The van der Waals surface area contributed by atoms with E-state index in [1.807, 2.05) is 60.7 Å². The number of alkyl carbamates (subject to hydrolysis) is 1. The third-order valence-electron chi connectivity index (χ3n) is 5.52. The van der Waals surface area contributed by atoms with Gasteiger partial charge in [-0.05, 0) is 37.1 Å². The zero-order valence-electron chi connectivity index (χ0n) is 17.5. The summed E-state index contributed by atoms with van der Waals surface area (Å²) >= 11 is 0. The normalized spacial score (nSPS) is 17.3. The highest BCUT2D eigenvalue weighted by atomic mass is 16.5. The van der Waals surface area contributed by atoms with Gasteiger partial charge in [-0.2, -0.15) is 0 Å². The molecule has 30 heavy (non-hydrogen) atoms. The molecule has 2 aromatic rings. The Morgan fingerprint density at radius 2 is 1.73 bits per heavy atom. The molecule has 2 aromatic carbocycles. The molecule has 2 atom stereocenters. The number of benzene rings is 2. The van der Waals surface area contributed by atoms with Crippen LogP contribution < -0.4 is 10.6 Å². The Kier molecular flexibility index (Phi) is 8.27. The lowest BCUT2D eigenvalue weighted by Gasteiger charge is -2.24. The number of hydrogen-bond acceptors (Lipinski definition) is 4. The van der Waals surface area contributed by atoms with Crippen LogP contribution in [0, 0.1) is 0 Å². The van der Waals surface area contributed by atoms with Gasteiger partial charge in [0, 0.05) is 19.0 Å². The first-order valence-electron chi connectivity index (χ1n) is 10.7. The summed E-state index contributed by atoms with van der Waals surface area (Å²) in [6, 6.07) is 18.8. The Balaban J connectivity index is 1.57. The molecule has 6 heteroatoms. The van der Waals surface area contributed by atoms with Crippen LogP contribution in [0.3, 0.4) is 0 Å². The number of likely N-dealkylation sites (N-methyl/N-ethyl adjacent to an activating group) is 1. The van der Waals surface area contributed by atoms with Crippen LogP contribution in [-0.2, 0) is 22.6 Å². The van der Waals surface area contributed by atoms with Crippen molar-refractivity contribution in [1.29, 1.82) is 0 Å². The van der Waals surface area contributed by atoms with Gasteiger partial charge in [0.25, 0.3) is 0 Å².